The van der Waals surface area contributed by atoms with E-state index in [0.717, 1.165) is 36.3 Å². The number of aromatic amines is 1. The number of rotatable bonds is 7. The Balaban J connectivity index is 1.87. The highest BCUT2D eigenvalue weighted by atomic mass is 16.5. The standard InChI is InChI=1S/C21H27N3O4/c1-4-27-21(26)19-14(2)18(15(3)23-19)13-24(12-17-8-6-10-28-17)20(25)16-7-5-9-22-11-16/h5,7,9,11,17,23H,4,6,8,10,12-13H2,1-3H3. The van der Waals surface area contributed by atoms with Crippen LogP contribution in [-0.2, 0) is 16.0 Å². The fraction of sp³-hybridized carbons (Fsp3) is 0.476. The van der Waals surface area contributed by atoms with E-state index in [1.54, 1.807) is 36.4 Å². The molecule has 2 aromatic rings. The summed E-state index contributed by atoms with van der Waals surface area (Å²) >= 11 is 0. The van der Waals surface area contributed by atoms with Gasteiger partial charge < -0.3 is 19.4 Å². The normalized spacial score (nSPS) is 16.2. The lowest BCUT2D eigenvalue weighted by atomic mass is 10.1. The van der Waals surface area contributed by atoms with E-state index < -0.39 is 0 Å². The lowest BCUT2D eigenvalue weighted by Crippen LogP contribution is -2.37. The van der Waals surface area contributed by atoms with Crippen molar-refractivity contribution < 1.29 is 19.1 Å². The third-order valence-electron chi connectivity index (χ3n) is 5.07. The molecule has 0 aromatic carbocycles. The topological polar surface area (TPSA) is 84.5 Å². The van der Waals surface area contributed by atoms with Crippen molar-refractivity contribution in [3.05, 3.63) is 52.6 Å². The van der Waals surface area contributed by atoms with Crippen molar-refractivity contribution in [1.29, 1.82) is 0 Å². The maximum Gasteiger partial charge on any atom is 0.355 e. The lowest BCUT2D eigenvalue weighted by molar-refractivity contribution is 0.0506. The lowest BCUT2D eigenvalue weighted by Gasteiger charge is -2.26. The molecular formula is C21H27N3O4. The molecule has 0 spiro atoms. The van der Waals surface area contributed by atoms with Gasteiger partial charge in [-0.1, -0.05) is 0 Å². The highest BCUT2D eigenvalue weighted by molar-refractivity contribution is 5.94. The molecule has 2 aromatic heterocycles. The first-order valence-electron chi connectivity index (χ1n) is 9.67. The van der Waals surface area contributed by atoms with Gasteiger partial charge in [0, 0.05) is 37.8 Å². The summed E-state index contributed by atoms with van der Waals surface area (Å²) in [6.45, 7) is 7.51. The van der Waals surface area contributed by atoms with E-state index in [2.05, 4.69) is 9.97 Å². The number of H-pyrrole nitrogens is 1. The van der Waals surface area contributed by atoms with Crippen LogP contribution in [-0.4, -0.2) is 52.6 Å². The fourth-order valence-electron chi connectivity index (χ4n) is 3.55. The molecule has 1 fully saturated rings. The average Bonchev–Trinajstić information content (AvgIpc) is 3.31. The molecule has 3 heterocycles. The van der Waals surface area contributed by atoms with E-state index in [0.29, 0.717) is 31.0 Å². The van der Waals surface area contributed by atoms with Gasteiger partial charge >= 0.3 is 5.97 Å². The third kappa shape index (κ3) is 4.42. The summed E-state index contributed by atoms with van der Waals surface area (Å²) in [6.07, 6.45) is 5.20. The van der Waals surface area contributed by atoms with Gasteiger partial charge in [0.25, 0.3) is 5.91 Å². The van der Waals surface area contributed by atoms with Crippen molar-refractivity contribution >= 4 is 11.9 Å². The maximum atomic E-state index is 13.1. The number of esters is 1. The molecule has 1 atom stereocenters. The van der Waals surface area contributed by atoms with Crippen LogP contribution in [0.3, 0.4) is 0 Å². The summed E-state index contributed by atoms with van der Waals surface area (Å²) in [4.78, 5) is 34.3. The first kappa shape index (κ1) is 20.1. The average molecular weight is 385 g/mol. The third-order valence-corrected chi connectivity index (χ3v) is 5.07. The number of aromatic nitrogens is 2. The second kappa shape index (κ2) is 9.01. The zero-order valence-corrected chi connectivity index (χ0v) is 16.7. The largest absolute Gasteiger partial charge is 0.461 e. The molecular weight excluding hydrogens is 358 g/mol. The minimum Gasteiger partial charge on any atom is -0.461 e. The number of aryl methyl sites for hydroxylation is 1. The number of nitrogens with zero attached hydrogens (tertiary/aromatic N) is 2. The first-order valence-corrected chi connectivity index (χ1v) is 9.67. The number of hydrogen-bond donors (Lipinski definition) is 1. The van der Waals surface area contributed by atoms with Crippen LogP contribution >= 0.6 is 0 Å². The minimum atomic E-state index is -0.376. The SMILES string of the molecule is CCOC(=O)c1[nH]c(C)c(CN(CC2CCCO2)C(=O)c2cccnc2)c1C. The number of carbonyl (C=O) groups excluding carboxylic acids is 2. The van der Waals surface area contributed by atoms with Crippen molar-refractivity contribution in [3.8, 4) is 0 Å². The number of ether oxygens (including phenoxy) is 2. The summed E-state index contributed by atoms with van der Waals surface area (Å²) in [7, 11) is 0. The molecule has 7 nitrogen and oxygen atoms in total. The van der Waals surface area contributed by atoms with Gasteiger partial charge in [-0.15, -0.1) is 0 Å². The Hall–Kier alpha value is -2.67. The first-order chi connectivity index (χ1) is 13.5. The molecule has 28 heavy (non-hydrogen) atoms. The molecule has 0 saturated carbocycles. The van der Waals surface area contributed by atoms with Crippen LogP contribution in [0.5, 0.6) is 0 Å². The minimum absolute atomic E-state index is 0.0321. The Kier molecular flexibility index (Phi) is 6.46. The Bertz CT molecular complexity index is 826. The molecule has 7 heteroatoms. The van der Waals surface area contributed by atoms with E-state index in [-0.39, 0.29) is 18.0 Å². The Morgan fingerprint density at radius 1 is 1.39 bits per heavy atom. The Labute approximate surface area is 165 Å². The van der Waals surface area contributed by atoms with E-state index in [1.807, 2.05) is 13.8 Å². The van der Waals surface area contributed by atoms with E-state index in [9.17, 15) is 9.59 Å². The summed E-state index contributed by atoms with van der Waals surface area (Å²) in [5.74, 6) is -0.472. The van der Waals surface area contributed by atoms with E-state index >= 15 is 0 Å². The predicted octanol–water partition coefficient (Wildman–Crippen LogP) is 3.02. The Morgan fingerprint density at radius 2 is 2.21 bits per heavy atom. The monoisotopic (exact) mass is 385 g/mol. The molecule has 1 N–H and O–H groups in total. The van der Waals surface area contributed by atoms with Gasteiger partial charge in [-0.2, -0.15) is 0 Å². The summed E-state index contributed by atoms with van der Waals surface area (Å²) in [5.41, 5.74) is 3.58. The quantitative estimate of drug-likeness (QED) is 0.741. The van der Waals surface area contributed by atoms with Gasteiger partial charge in [0.2, 0.25) is 0 Å². The van der Waals surface area contributed by atoms with Crippen molar-refractivity contribution in [3.63, 3.8) is 0 Å². The zero-order chi connectivity index (χ0) is 20.1. The highest BCUT2D eigenvalue weighted by Crippen LogP contribution is 2.23. The van der Waals surface area contributed by atoms with Gasteiger partial charge in [-0.25, -0.2) is 4.79 Å². The van der Waals surface area contributed by atoms with Gasteiger partial charge in [0.1, 0.15) is 5.69 Å². The number of carbonyl (C=O) groups is 2. The smallest absolute Gasteiger partial charge is 0.355 e. The molecule has 1 aliphatic heterocycles. The Morgan fingerprint density at radius 3 is 2.86 bits per heavy atom. The molecule has 1 aliphatic rings. The molecule has 1 amide bonds. The number of hydrogen-bond acceptors (Lipinski definition) is 5. The van der Waals surface area contributed by atoms with Crippen LogP contribution in [0.15, 0.2) is 24.5 Å². The van der Waals surface area contributed by atoms with Crippen LogP contribution in [0.4, 0.5) is 0 Å². The number of pyridine rings is 1. The molecule has 1 unspecified atom stereocenters. The van der Waals surface area contributed by atoms with Crippen LogP contribution in [0, 0.1) is 13.8 Å². The van der Waals surface area contributed by atoms with Crippen molar-refractivity contribution in [2.45, 2.75) is 46.3 Å². The summed E-state index contributed by atoms with van der Waals surface area (Å²) in [6, 6.07) is 3.52. The molecule has 0 radical (unpaired) electrons. The predicted molar refractivity (Wildman–Crippen MR) is 104 cm³/mol. The summed E-state index contributed by atoms with van der Waals surface area (Å²) < 4.78 is 10.9. The van der Waals surface area contributed by atoms with Gasteiger partial charge in [0.15, 0.2) is 0 Å². The number of amides is 1. The van der Waals surface area contributed by atoms with Gasteiger partial charge in [0.05, 0.1) is 18.3 Å². The zero-order valence-electron chi connectivity index (χ0n) is 16.7. The van der Waals surface area contributed by atoms with Crippen molar-refractivity contribution in [2.75, 3.05) is 19.8 Å². The van der Waals surface area contributed by atoms with Crippen LogP contribution < -0.4 is 0 Å². The summed E-state index contributed by atoms with van der Waals surface area (Å²) in [5, 5.41) is 0. The second-order valence-corrected chi connectivity index (χ2v) is 7.01. The maximum absolute atomic E-state index is 13.1. The van der Waals surface area contributed by atoms with Gasteiger partial charge in [-0.05, 0) is 56.9 Å². The number of nitrogens with one attached hydrogen (secondary N) is 1. The van der Waals surface area contributed by atoms with E-state index in [1.165, 1.54) is 0 Å². The van der Waals surface area contributed by atoms with Crippen LogP contribution in [0.1, 0.15) is 57.4 Å². The fourth-order valence-corrected chi connectivity index (χ4v) is 3.55. The second-order valence-electron chi connectivity index (χ2n) is 7.01. The highest BCUT2D eigenvalue weighted by Gasteiger charge is 2.26. The molecule has 1 saturated heterocycles. The van der Waals surface area contributed by atoms with Crippen LogP contribution in [0.2, 0.25) is 0 Å². The van der Waals surface area contributed by atoms with E-state index in [4.69, 9.17) is 9.47 Å². The van der Waals surface area contributed by atoms with Crippen molar-refractivity contribution in [2.24, 2.45) is 0 Å². The molecule has 150 valence electrons. The van der Waals surface area contributed by atoms with Gasteiger partial charge in [-0.3, -0.25) is 9.78 Å². The molecule has 0 aliphatic carbocycles. The van der Waals surface area contributed by atoms with Crippen LogP contribution in [0.25, 0.3) is 0 Å². The van der Waals surface area contributed by atoms with Crippen molar-refractivity contribution in [1.82, 2.24) is 14.9 Å². The molecule has 0 bridgehead atoms. The molecule has 3 rings (SSSR count).